The van der Waals surface area contributed by atoms with Crippen molar-refractivity contribution in [3.63, 3.8) is 0 Å². The van der Waals surface area contributed by atoms with E-state index in [4.69, 9.17) is 4.74 Å². The molecule has 1 atom stereocenters. The maximum absolute atomic E-state index is 11.7. The van der Waals surface area contributed by atoms with Crippen LogP contribution in [0.15, 0.2) is 0 Å². The van der Waals surface area contributed by atoms with E-state index in [0.29, 0.717) is 12.6 Å². The highest BCUT2D eigenvalue weighted by Crippen LogP contribution is 2.06. The SMILES string of the molecule is CCCCCC(CCOCC(F)F)NC. The van der Waals surface area contributed by atoms with Gasteiger partial charge in [-0.3, -0.25) is 0 Å². The fourth-order valence-electron chi connectivity index (χ4n) is 1.47. The highest BCUT2D eigenvalue weighted by molar-refractivity contribution is 4.63. The predicted molar refractivity (Wildman–Crippen MR) is 58.4 cm³/mol. The van der Waals surface area contributed by atoms with Gasteiger partial charge in [0.2, 0.25) is 0 Å². The van der Waals surface area contributed by atoms with E-state index in [1.54, 1.807) is 0 Å². The molecule has 1 unspecified atom stereocenters. The van der Waals surface area contributed by atoms with E-state index in [1.165, 1.54) is 19.3 Å². The zero-order valence-corrected chi connectivity index (χ0v) is 9.77. The molecule has 15 heavy (non-hydrogen) atoms. The van der Waals surface area contributed by atoms with Crippen LogP contribution in [0.5, 0.6) is 0 Å². The highest BCUT2D eigenvalue weighted by atomic mass is 19.3. The van der Waals surface area contributed by atoms with Crippen LogP contribution in [0.2, 0.25) is 0 Å². The molecule has 0 aromatic rings. The summed E-state index contributed by atoms with van der Waals surface area (Å²) in [4.78, 5) is 0. The molecule has 0 aliphatic heterocycles. The van der Waals surface area contributed by atoms with Gasteiger partial charge in [-0.15, -0.1) is 0 Å². The molecular weight excluding hydrogens is 200 g/mol. The van der Waals surface area contributed by atoms with Crippen molar-refractivity contribution >= 4 is 0 Å². The molecule has 0 heterocycles. The van der Waals surface area contributed by atoms with E-state index < -0.39 is 13.0 Å². The second-order valence-electron chi connectivity index (χ2n) is 3.74. The van der Waals surface area contributed by atoms with Gasteiger partial charge in [0.15, 0.2) is 0 Å². The van der Waals surface area contributed by atoms with Gasteiger partial charge in [-0.2, -0.15) is 0 Å². The highest BCUT2D eigenvalue weighted by Gasteiger charge is 2.06. The van der Waals surface area contributed by atoms with E-state index in [0.717, 1.165) is 12.8 Å². The van der Waals surface area contributed by atoms with Crippen molar-refractivity contribution in [2.75, 3.05) is 20.3 Å². The van der Waals surface area contributed by atoms with Crippen molar-refractivity contribution in [1.82, 2.24) is 5.32 Å². The minimum Gasteiger partial charge on any atom is -0.375 e. The lowest BCUT2D eigenvalue weighted by molar-refractivity contribution is 0.0143. The van der Waals surface area contributed by atoms with Crippen LogP contribution in [0.4, 0.5) is 8.78 Å². The molecule has 4 heteroatoms. The molecule has 0 aliphatic rings. The Hall–Kier alpha value is -0.220. The molecule has 0 radical (unpaired) electrons. The Morgan fingerprint density at radius 3 is 2.47 bits per heavy atom. The third-order valence-electron chi connectivity index (χ3n) is 2.42. The quantitative estimate of drug-likeness (QED) is 0.575. The van der Waals surface area contributed by atoms with E-state index in [-0.39, 0.29) is 0 Å². The number of alkyl halides is 2. The number of rotatable bonds is 10. The monoisotopic (exact) mass is 223 g/mol. The number of ether oxygens (including phenoxy) is 1. The first kappa shape index (κ1) is 14.8. The maximum Gasteiger partial charge on any atom is 0.261 e. The van der Waals surface area contributed by atoms with Crippen molar-refractivity contribution in [1.29, 1.82) is 0 Å². The topological polar surface area (TPSA) is 21.3 Å². The Bertz CT molecular complexity index is 134. The number of hydrogen-bond acceptors (Lipinski definition) is 2. The summed E-state index contributed by atoms with van der Waals surface area (Å²) in [7, 11) is 1.91. The molecule has 0 aromatic carbocycles. The smallest absolute Gasteiger partial charge is 0.261 e. The van der Waals surface area contributed by atoms with Crippen LogP contribution >= 0.6 is 0 Å². The first-order valence-electron chi connectivity index (χ1n) is 5.73. The van der Waals surface area contributed by atoms with Gasteiger partial charge in [0, 0.05) is 12.6 Å². The molecule has 1 N–H and O–H groups in total. The third kappa shape index (κ3) is 10.1. The van der Waals surface area contributed by atoms with Crippen LogP contribution < -0.4 is 5.32 Å². The summed E-state index contributed by atoms with van der Waals surface area (Å²) < 4.78 is 28.3. The molecule has 0 saturated carbocycles. The molecule has 0 aliphatic carbocycles. The summed E-state index contributed by atoms with van der Waals surface area (Å²) >= 11 is 0. The lowest BCUT2D eigenvalue weighted by Crippen LogP contribution is -2.27. The summed E-state index contributed by atoms with van der Waals surface area (Å²) in [6.07, 6.45) is 3.19. The summed E-state index contributed by atoms with van der Waals surface area (Å²) in [5.74, 6) is 0. The molecule has 0 spiro atoms. The maximum atomic E-state index is 11.7. The van der Waals surface area contributed by atoms with Crippen molar-refractivity contribution < 1.29 is 13.5 Å². The Balaban J connectivity index is 3.35. The van der Waals surface area contributed by atoms with Gasteiger partial charge in [0.05, 0.1) is 0 Å². The molecule has 92 valence electrons. The summed E-state index contributed by atoms with van der Waals surface area (Å²) in [5.41, 5.74) is 0. The second-order valence-corrected chi connectivity index (χ2v) is 3.74. The fourth-order valence-corrected chi connectivity index (χ4v) is 1.47. The zero-order valence-electron chi connectivity index (χ0n) is 9.77. The Labute approximate surface area is 91.4 Å². The first-order valence-corrected chi connectivity index (χ1v) is 5.73. The van der Waals surface area contributed by atoms with Crippen LogP contribution in [-0.2, 0) is 4.74 Å². The fraction of sp³-hybridized carbons (Fsp3) is 1.00. The number of nitrogens with one attached hydrogen (secondary N) is 1. The number of halogens is 2. The van der Waals surface area contributed by atoms with Crippen LogP contribution in [0.25, 0.3) is 0 Å². The predicted octanol–water partition coefficient (Wildman–Crippen LogP) is 2.83. The standard InChI is InChI=1S/C11H23F2NO/c1-3-4-5-6-10(14-2)7-8-15-9-11(12)13/h10-11,14H,3-9H2,1-2H3. The van der Waals surface area contributed by atoms with E-state index in [2.05, 4.69) is 12.2 Å². The van der Waals surface area contributed by atoms with Crippen LogP contribution in [-0.4, -0.2) is 32.7 Å². The van der Waals surface area contributed by atoms with E-state index in [1.807, 2.05) is 7.05 Å². The lowest BCUT2D eigenvalue weighted by atomic mass is 10.1. The molecule has 0 saturated heterocycles. The third-order valence-corrected chi connectivity index (χ3v) is 2.42. The molecule has 0 fully saturated rings. The number of unbranched alkanes of at least 4 members (excludes halogenated alkanes) is 2. The summed E-state index contributed by atoms with van der Waals surface area (Å²) in [6.45, 7) is 2.15. The molecular formula is C11H23F2NO. The molecule has 0 rings (SSSR count). The minimum atomic E-state index is -2.35. The minimum absolute atomic E-state index is 0.397. The van der Waals surface area contributed by atoms with Crippen molar-refractivity contribution in [2.24, 2.45) is 0 Å². The normalized spacial score (nSPS) is 13.4. The molecule has 2 nitrogen and oxygen atoms in total. The van der Waals surface area contributed by atoms with E-state index in [9.17, 15) is 8.78 Å². The van der Waals surface area contributed by atoms with Gasteiger partial charge >= 0.3 is 0 Å². The van der Waals surface area contributed by atoms with Crippen LogP contribution in [0, 0.1) is 0 Å². The van der Waals surface area contributed by atoms with Gasteiger partial charge in [-0.1, -0.05) is 26.2 Å². The first-order chi connectivity index (χ1) is 7.20. The average Bonchev–Trinajstić information content (AvgIpc) is 2.21. The van der Waals surface area contributed by atoms with Gasteiger partial charge in [0.25, 0.3) is 6.43 Å². The number of hydrogen-bond donors (Lipinski definition) is 1. The van der Waals surface area contributed by atoms with Crippen molar-refractivity contribution in [3.05, 3.63) is 0 Å². The Morgan fingerprint density at radius 1 is 1.20 bits per heavy atom. The summed E-state index contributed by atoms with van der Waals surface area (Å²) in [5, 5.41) is 3.18. The van der Waals surface area contributed by atoms with Gasteiger partial charge in [-0.05, 0) is 19.9 Å². The molecule has 0 aromatic heterocycles. The van der Waals surface area contributed by atoms with Crippen molar-refractivity contribution in [2.45, 2.75) is 51.5 Å². The van der Waals surface area contributed by atoms with Gasteiger partial charge in [0.1, 0.15) is 6.61 Å². The van der Waals surface area contributed by atoms with Crippen molar-refractivity contribution in [3.8, 4) is 0 Å². The van der Waals surface area contributed by atoms with Gasteiger partial charge in [-0.25, -0.2) is 8.78 Å². The largest absolute Gasteiger partial charge is 0.375 e. The molecule has 0 amide bonds. The Kier molecular flexibility index (Phi) is 10.2. The van der Waals surface area contributed by atoms with E-state index >= 15 is 0 Å². The average molecular weight is 223 g/mol. The zero-order chi connectivity index (χ0) is 11.5. The summed E-state index contributed by atoms with van der Waals surface area (Å²) in [6, 6.07) is 0.397. The van der Waals surface area contributed by atoms with Crippen LogP contribution in [0.3, 0.4) is 0 Å². The van der Waals surface area contributed by atoms with Gasteiger partial charge < -0.3 is 10.1 Å². The Morgan fingerprint density at radius 2 is 1.93 bits per heavy atom. The molecule has 0 bridgehead atoms. The van der Waals surface area contributed by atoms with Crippen LogP contribution in [0.1, 0.15) is 39.0 Å². The second kappa shape index (κ2) is 10.3. The lowest BCUT2D eigenvalue weighted by Gasteiger charge is -2.15.